The lowest BCUT2D eigenvalue weighted by molar-refractivity contribution is -0.115. The largest absolute Gasteiger partial charge is 0.454 e. The van der Waals surface area contributed by atoms with Crippen molar-refractivity contribution < 1.29 is 18.7 Å². The number of ether oxygens (including phenoxy) is 2. The second-order valence-corrected chi connectivity index (χ2v) is 5.72. The summed E-state index contributed by atoms with van der Waals surface area (Å²) in [6.45, 7) is 0.231. The van der Waals surface area contributed by atoms with Gasteiger partial charge < -0.3 is 9.47 Å². The van der Waals surface area contributed by atoms with Crippen molar-refractivity contribution in [3.63, 3.8) is 0 Å². The lowest BCUT2D eigenvalue weighted by Crippen LogP contribution is -2.12. The number of pyridine rings is 1. The number of hydrogen-bond acceptors (Lipinski definition) is 4. The number of ketones is 1. The smallest absolute Gasteiger partial charge is 0.231 e. The van der Waals surface area contributed by atoms with E-state index in [1.807, 2.05) is 18.2 Å². The maximum atomic E-state index is 13.0. The van der Waals surface area contributed by atoms with Crippen molar-refractivity contribution in [1.82, 2.24) is 4.98 Å². The van der Waals surface area contributed by atoms with Gasteiger partial charge in [-0.05, 0) is 59.4 Å². The molecular formula is C18H14FNO3. The van der Waals surface area contributed by atoms with Crippen LogP contribution in [0, 0.1) is 5.95 Å². The molecule has 0 bridgehead atoms. The van der Waals surface area contributed by atoms with Crippen molar-refractivity contribution in [3.05, 3.63) is 59.7 Å². The molecule has 1 atom stereocenters. The van der Waals surface area contributed by atoms with Crippen LogP contribution in [0.25, 0.3) is 5.57 Å². The van der Waals surface area contributed by atoms with Crippen LogP contribution in [0.4, 0.5) is 4.39 Å². The molecule has 23 heavy (non-hydrogen) atoms. The van der Waals surface area contributed by atoms with Crippen LogP contribution in [0.3, 0.4) is 0 Å². The predicted molar refractivity (Wildman–Crippen MR) is 81.7 cm³/mol. The first-order chi connectivity index (χ1) is 11.2. The SMILES string of the molecule is O=C1C=C(c2ccc(F)nc2)C[C@@H](c2ccc3c(c2)OCO3)C1. The maximum absolute atomic E-state index is 13.0. The molecule has 0 amide bonds. The highest BCUT2D eigenvalue weighted by Crippen LogP contribution is 2.40. The molecule has 0 saturated carbocycles. The number of carbonyl (C=O) groups excluding carboxylic acids is 1. The van der Waals surface area contributed by atoms with Gasteiger partial charge in [-0.2, -0.15) is 4.39 Å². The second-order valence-electron chi connectivity index (χ2n) is 5.72. The van der Waals surface area contributed by atoms with Crippen LogP contribution >= 0.6 is 0 Å². The van der Waals surface area contributed by atoms with Crippen LogP contribution in [0.5, 0.6) is 11.5 Å². The number of halogens is 1. The number of hydrogen-bond donors (Lipinski definition) is 0. The van der Waals surface area contributed by atoms with Crippen LogP contribution in [-0.2, 0) is 4.79 Å². The topological polar surface area (TPSA) is 48.4 Å². The summed E-state index contributed by atoms with van der Waals surface area (Å²) in [5.41, 5.74) is 2.71. The third kappa shape index (κ3) is 2.70. The normalized spacial score (nSPS) is 19.6. The second kappa shape index (κ2) is 5.50. The molecule has 2 aromatic rings. The third-order valence-electron chi connectivity index (χ3n) is 4.22. The minimum atomic E-state index is -0.524. The number of allylic oxidation sites excluding steroid dienone is 2. The quantitative estimate of drug-likeness (QED) is 0.797. The van der Waals surface area contributed by atoms with Crippen molar-refractivity contribution in [3.8, 4) is 11.5 Å². The molecule has 0 unspecified atom stereocenters. The lowest BCUT2D eigenvalue weighted by Gasteiger charge is -2.22. The summed E-state index contributed by atoms with van der Waals surface area (Å²) in [5, 5.41) is 0. The highest BCUT2D eigenvalue weighted by atomic mass is 19.1. The van der Waals surface area contributed by atoms with Gasteiger partial charge in [-0.15, -0.1) is 0 Å². The molecule has 0 spiro atoms. The third-order valence-corrected chi connectivity index (χ3v) is 4.22. The molecule has 116 valence electrons. The molecule has 1 aliphatic carbocycles. The average Bonchev–Trinajstić information content (AvgIpc) is 3.02. The van der Waals surface area contributed by atoms with E-state index in [0.29, 0.717) is 12.8 Å². The number of nitrogens with zero attached hydrogens (tertiary/aromatic N) is 1. The maximum Gasteiger partial charge on any atom is 0.231 e. The zero-order valence-electron chi connectivity index (χ0n) is 12.3. The Morgan fingerprint density at radius 1 is 1.09 bits per heavy atom. The Morgan fingerprint density at radius 2 is 1.96 bits per heavy atom. The Balaban J connectivity index is 1.63. The fourth-order valence-electron chi connectivity index (χ4n) is 3.06. The molecule has 1 aromatic heterocycles. The number of rotatable bonds is 2. The Labute approximate surface area is 132 Å². The van der Waals surface area contributed by atoms with Gasteiger partial charge in [-0.3, -0.25) is 4.79 Å². The van der Waals surface area contributed by atoms with Gasteiger partial charge in [0.1, 0.15) is 0 Å². The monoisotopic (exact) mass is 311 g/mol. The first-order valence-electron chi connectivity index (χ1n) is 7.44. The number of aromatic nitrogens is 1. The lowest BCUT2D eigenvalue weighted by atomic mass is 9.81. The molecule has 4 nitrogen and oxygen atoms in total. The fraction of sp³-hybridized carbons (Fsp3) is 0.222. The Hall–Kier alpha value is -2.69. The molecule has 5 heteroatoms. The molecule has 0 saturated heterocycles. The first kappa shape index (κ1) is 13.9. The van der Waals surface area contributed by atoms with E-state index in [9.17, 15) is 9.18 Å². The zero-order valence-corrected chi connectivity index (χ0v) is 12.3. The Bertz CT molecular complexity index is 798. The van der Waals surface area contributed by atoms with Crippen molar-refractivity contribution in [2.24, 2.45) is 0 Å². The van der Waals surface area contributed by atoms with Gasteiger partial charge in [0.2, 0.25) is 12.7 Å². The van der Waals surface area contributed by atoms with Gasteiger partial charge in [0.15, 0.2) is 17.3 Å². The van der Waals surface area contributed by atoms with Gasteiger partial charge in [-0.25, -0.2) is 4.98 Å². The summed E-state index contributed by atoms with van der Waals surface area (Å²) in [4.78, 5) is 15.8. The molecule has 1 aromatic carbocycles. The summed E-state index contributed by atoms with van der Waals surface area (Å²) in [5.74, 6) is 1.06. The Kier molecular flexibility index (Phi) is 3.33. The van der Waals surface area contributed by atoms with Crippen LogP contribution in [0.2, 0.25) is 0 Å². The standard InChI is InChI=1S/C18H14FNO3/c19-18-4-2-12(9-20-18)14-5-13(6-15(21)7-14)11-1-3-16-17(8-11)23-10-22-16/h1-4,7-9,13H,5-6,10H2/t13-/m1/s1. The minimum absolute atomic E-state index is 0.0678. The Morgan fingerprint density at radius 3 is 2.78 bits per heavy atom. The number of carbonyl (C=O) groups is 1. The highest BCUT2D eigenvalue weighted by Gasteiger charge is 2.25. The zero-order chi connectivity index (χ0) is 15.8. The first-order valence-corrected chi connectivity index (χ1v) is 7.44. The molecular weight excluding hydrogens is 297 g/mol. The molecule has 4 rings (SSSR count). The van der Waals surface area contributed by atoms with E-state index < -0.39 is 5.95 Å². The molecule has 2 aliphatic rings. The van der Waals surface area contributed by atoms with E-state index in [-0.39, 0.29) is 18.5 Å². The van der Waals surface area contributed by atoms with Crippen molar-refractivity contribution in [1.29, 1.82) is 0 Å². The summed E-state index contributed by atoms with van der Waals surface area (Å²) >= 11 is 0. The van der Waals surface area contributed by atoms with E-state index in [0.717, 1.165) is 28.2 Å². The van der Waals surface area contributed by atoms with Gasteiger partial charge in [0.05, 0.1) is 0 Å². The van der Waals surface area contributed by atoms with E-state index in [4.69, 9.17) is 9.47 Å². The summed E-state index contributed by atoms with van der Waals surface area (Å²) in [6.07, 6.45) is 4.27. The number of benzene rings is 1. The van der Waals surface area contributed by atoms with Crippen LogP contribution in [0.15, 0.2) is 42.6 Å². The molecule has 0 N–H and O–H groups in total. The van der Waals surface area contributed by atoms with Crippen molar-refractivity contribution >= 4 is 11.4 Å². The highest BCUT2D eigenvalue weighted by molar-refractivity contribution is 5.99. The molecule has 0 fully saturated rings. The average molecular weight is 311 g/mol. The van der Waals surface area contributed by atoms with Crippen LogP contribution in [-0.4, -0.2) is 17.6 Å². The van der Waals surface area contributed by atoms with Crippen molar-refractivity contribution in [2.45, 2.75) is 18.8 Å². The molecule has 0 radical (unpaired) electrons. The van der Waals surface area contributed by atoms with Gasteiger partial charge in [-0.1, -0.05) is 6.07 Å². The molecule has 1 aliphatic heterocycles. The van der Waals surface area contributed by atoms with Gasteiger partial charge >= 0.3 is 0 Å². The number of fused-ring (bicyclic) bond motifs is 1. The predicted octanol–water partition coefficient (Wildman–Crippen LogP) is 3.48. The molecule has 2 heterocycles. The summed E-state index contributed by atoms with van der Waals surface area (Å²) < 4.78 is 23.7. The summed E-state index contributed by atoms with van der Waals surface area (Å²) in [7, 11) is 0. The fourth-order valence-corrected chi connectivity index (χ4v) is 3.06. The van der Waals surface area contributed by atoms with Gasteiger partial charge in [0.25, 0.3) is 0 Å². The van der Waals surface area contributed by atoms with Crippen LogP contribution < -0.4 is 9.47 Å². The van der Waals surface area contributed by atoms with E-state index in [1.54, 1.807) is 12.1 Å². The van der Waals surface area contributed by atoms with Gasteiger partial charge in [0, 0.05) is 12.6 Å². The van der Waals surface area contributed by atoms with E-state index in [2.05, 4.69) is 4.98 Å². The van der Waals surface area contributed by atoms with E-state index >= 15 is 0 Å². The van der Waals surface area contributed by atoms with Crippen molar-refractivity contribution in [2.75, 3.05) is 6.79 Å². The van der Waals surface area contributed by atoms with Crippen LogP contribution in [0.1, 0.15) is 29.9 Å². The minimum Gasteiger partial charge on any atom is -0.454 e. The van der Waals surface area contributed by atoms with E-state index in [1.165, 1.54) is 12.3 Å². The summed E-state index contributed by atoms with van der Waals surface area (Å²) in [6, 6.07) is 8.75.